The molecule has 0 amide bonds. The Morgan fingerprint density at radius 3 is 3.07 bits per heavy atom. The van der Waals surface area contributed by atoms with Crippen LogP contribution in [0.5, 0.6) is 5.75 Å². The second kappa shape index (κ2) is 3.58. The van der Waals surface area contributed by atoms with E-state index in [1.165, 1.54) is 6.07 Å². The smallest absolute Gasteiger partial charge is 0.130 e. The summed E-state index contributed by atoms with van der Waals surface area (Å²) in [7, 11) is 0. The van der Waals surface area contributed by atoms with Crippen LogP contribution in [-0.4, -0.2) is 6.61 Å². The maximum absolute atomic E-state index is 13.4. The molecule has 0 aromatic heterocycles. The standard InChI is InChI=1S/C11H14FNO/c1-2-7-9(12)4-3-8-10(13)5-6-14-11(7)8/h3-4,10H,2,5-6,13H2,1H3/t10-/m0/s1. The van der Waals surface area contributed by atoms with Gasteiger partial charge in [0.05, 0.1) is 6.61 Å². The zero-order valence-electron chi connectivity index (χ0n) is 8.22. The molecule has 1 aliphatic heterocycles. The van der Waals surface area contributed by atoms with E-state index in [4.69, 9.17) is 10.5 Å². The molecule has 0 saturated carbocycles. The Balaban J connectivity index is 2.55. The Labute approximate surface area is 82.9 Å². The van der Waals surface area contributed by atoms with Gasteiger partial charge in [-0.1, -0.05) is 13.0 Å². The van der Waals surface area contributed by atoms with Crippen LogP contribution in [0.3, 0.4) is 0 Å². The quantitative estimate of drug-likeness (QED) is 0.745. The molecule has 0 fully saturated rings. The highest BCUT2D eigenvalue weighted by Gasteiger charge is 2.22. The van der Waals surface area contributed by atoms with Gasteiger partial charge in [-0.25, -0.2) is 4.39 Å². The van der Waals surface area contributed by atoms with E-state index in [0.29, 0.717) is 24.3 Å². The number of hydrogen-bond acceptors (Lipinski definition) is 2. The summed E-state index contributed by atoms with van der Waals surface area (Å²) in [5.74, 6) is 0.478. The lowest BCUT2D eigenvalue weighted by atomic mass is 9.97. The van der Waals surface area contributed by atoms with Crippen molar-refractivity contribution in [3.8, 4) is 5.75 Å². The highest BCUT2D eigenvalue weighted by Crippen LogP contribution is 2.35. The molecule has 2 N–H and O–H groups in total. The van der Waals surface area contributed by atoms with Gasteiger partial charge in [0.2, 0.25) is 0 Å². The lowest BCUT2D eigenvalue weighted by Crippen LogP contribution is -2.21. The van der Waals surface area contributed by atoms with E-state index in [0.717, 1.165) is 12.0 Å². The molecule has 0 bridgehead atoms. The summed E-state index contributed by atoms with van der Waals surface area (Å²) in [6.45, 7) is 2.51. The van der Waals surface area contributed by atoms with Crippen molar-refractivity contribution in [2.45, 2.75) is 25.8 Å². The predicted molar refractivity (Wildman–Crippen MR) is 52.8 cm³/mol. The average molecular weight is 195 g/mol. The number of rotatable bonds is 1. The van der Waals surface area contributed by atoms with Crippen molar-refractivity contribution in [3.63, 3.8) is 0 Å². The van der Waals surface area contributed by atoms with Crippen LogP contribution in [0.15, 0.2) is 12.1 Å². The summed E-state index contributed by atoms with van der Waals surface area (Å²) in [6.07, 6.45) is 1.45. The molecule has 1 atom stereocenters. The normalized spacial score (nSPS) is 20.1. The van der Waals surface area contributed by atoms with E-state index >= 15 is 0 Å². The van der Waals surface area contributed by atoms with Gasteiger partial charge in [0, 0.05) is 23.6 Å². The third-order valence-electron chi connectivity index (χ3n) is 2.66. The molecule has 76 valence electrons. The molecular formula is C11H14FNO. The minimum Gasteiger partial charge on any atom is -0.493 e. The van der Waals surface area contributed by atoms with Crippen molar-refractivity contribution >= 4 is 0 Å². The van der Waals surface area contributed by atoms with Crippen molar-refractivity contribution in [2.75, 3.05) is 6.61 Å². The predicted octanol–water partition coefficient (Wildman–Crippen LogP) is 2.17. The van der Waals surface area contributed by atoms with Crippen molar-refractivity contribution in [2.24, 2.45) is 5.73 Å². The van der Waals surface area contributed by atoms with E-state index in [-0.39, 0.29) is 11.9 Å². The van der Waals surface area contributed by atoms with E-state index in [1.807, 2.05) is 6.92 Å². The molecule has 0 radical (unpaired) electrons. The number of hydrogen-bond donors (Lipinski definition) is 1. The molecule has 1 aromatic carbocycles. The molecule has 2 nitrogen and oxygen atoms in total. The minimum atomic E-state index is -0.194. The summed E-state index contributed by atoms with van der Waals surface area (Å²) in [6, 6.07) is 3.20. The number of fused-ring (bicyclic) bond motifs is 1. The number of ether oxygens (including phenoxy) is 1. The first kappa shape index (κ1) is 9.46. The van der Waals surface area contributed by atoms with Gasteiger partial charge in [0.1, 0.15) is 11.6 Å². The molecule has 1 heterocycles. The minimum absolute atomic E-state index is 0.00958. The summed E-state index contributed by atoms with van der Waals surface area (Å²) < 4.78 is 18.9. The molecule has 14 heavy (non-hydrogen) atoms. The summed E-state index contributed by atoms with van der Waals surface area (Å²) in [5.41, 5.74) is 7.51. The van der Waals surface area contributed by atoms with E-state index in [9.17, 15) is 4.39 Å². The zero-order chi connectivity index (χ0) is 10.1. The van der Waals surface area contributed by atoms with Gasteiger partial charge in [0.15, 0.2) is 0 Å². The number of nitrogens with two attached hydrogens (primary N) is 1. The molecular weight excluding hydrogens is 181 g/mol. The van der Waals surface area contributed by atoms with Crippen LogP contribution in [-0.2, 0) is 6.42 Å². The SMILES string of the molecule is CCc1c(F)ccc2c1OCC[C@@H]2N. The van der Waals surface area contributed by atoms with Gasteiger partial charge in [-0.3, -0.25) is 0 Å². The van der Waals surface area contributed by atoms with Gasteiger partial charge in [-0.2, -0.15) is 0 Å². The fourth-order valence-electron chi connectivity index (χ4n) is 1.86. The third-order valence-corrected chi connectivity index (χ3v) is 2.66. The van der Waals surface area contributed by atoms with Crippen molar-refractivity contribution in [1.29, 1.82) is 0 Å². The van der Waals surface area contributed by atoms with Crippen LogP contribution in [0.25, 0.3) is 0 Å². The van der Waals surface area contributed by atoms with Crippen LogP contribution in [0.4, 0.5) is 4.39 Å². The first-order chi connectivity index (χ1) is 6.74. The van der Waals surface area contributed by atoms with Crippen LogP contribution < -0.4 is 10.5 Å². The van der Waals surface area contributed by atoms with Crippen LogP contribution in [0, 0.1) is 5.82 Å². The number of halogens is 1. The Morgan fingerprint density at radius 2 is 2.36 bits per heavy atom. The molecule has 1 aromatic rings. The fourth-order valence-corrected chi connectivity index (χ4v) is 1.86. The first-order valence-electron chi connectivity index (χ1n) is 4.93. The maximum Gasteiger partial charge on any atom is 0.130 e. The molecule has 0 unspecified atom stereocenters. The van der Waals surface area contributed by atoms with E-state index in [2.05, 4.69) is 0 Å². The van der Waals surface area contributed by atoms with Crippen LogP contribution in [0.2, 0.25) is 0 Å². The average Bonchev–Trinajstić information content (AvgIpc) is 2.18. The second-order valence-electron chi connectivity index (χ2n) is 3.54. The topological polar surface area (TPSA) is 35.2 Å². The molecule has 1 aliphatic rings. The summed E-state index contributed by atoms with van der Waals surface area (Å²) in [4.78, 5) is 0. The van der Waals surface area contributed by atoms with Crippen LogP contribution in [0.1, 0.15) is 30.5 Å². The van der Waals surface area contributed by atoms with Crippen LogP contribution >= 0.6 is 0 Å². The van der Waals surface area contributed by atoms with Crippen molar-refractivity contribution in [3.05, 3.63) is 29.1 Å². The fraction of sp³-hybridized carbons (Fsp3) is 0.455. The zero-order valence-corrected chi connectivity index (χ0v) is 8.22. The van der Waals surface area contributed by atoms with Crippen molar-refractivity contribution < 1.29 is 9.13 Å². The monoisotopic (exact) mass is 195 g/mol. The maximum atomic E-state index is 13.4. The second-order valence-corrected chi connectivity index (χ2v) is 3.54. The van der Waals surface area contributed by atoms with Gasteiger partial charge in [-0.05, 0) is 12.5 Å². The molecule has 0 spiro atoms. The first-order valence-corrected chi connectivity index (χ1v) is 4.93. The van der Waals surface area contributed by atoms with E-state index < -0.39 is 0 Å². The van der Waals surface area contributed by atoms with Crippen molar-refractivity contribution in [1.82, 2.24) is 0 Å². The highest BCUT2D eigenvalue weighted by atomic mass is 19.1. The Kier molecular flexibility index (Phi) is 2.42. The summed E-state index contributed by atoms with van der Waals surface area (Å²) >= 11 is 0. The van der Waals surface area contributed by atoms with Gasteiger partial charge >= 0.3 is 0 Å². The molecule has 0 aliphatic carbocycles. The Hall–Kier alpha value is -1.09. The lowest BCUT2D eigenvalue weighted by molar-refractivity contribution is 0.264. The molecule has 0 saturated heterocycles. The lowest BCUT2D eigenvalue weighted by Gasteiger charge is -2.25. The Bertz CT molecular complexity index is 351. The van der Waals surface area contributed by atoms with Gasteiger partial charge < -0.3 is 10.5 Å². The summed E-state index contributed by atoms with van der Waals surface area (Å²) in [5, 5.41) is 0. The number of benzene rings is 1. The van der Waals surface area contributed by atoms with Gasteiger partial charge in [-0.15, -0.1) is 0 Å². The Morgan fingerprint density at radius 1 is 1.57 bits per heavy atom. The van der Waals surface area contributed by atoms with E-state index in [1.54, 1.807) is 6.07 Å². The molecule has 2 rings (SSSR count). The van der Waals surface area contributed by atoms with Gasteiger partial charge in [0.25, 0.3) is 0 Å². The third kappa shape index (κ3) is 1.38. The highest BCUT2D eigenvalue weighted by molar-refractivity contribution is 5.45. The largest absolute Gasteiger partial charge is 0.493 e. The molecule has 3 heteroatoms.